The molecule has 4 aliphatic rings. The van der Waals surface area contributed by atoms with Crippen LogP contribution in [0.4, 0.5) is 0 Å². The van der Waals surface area contributed by atoms with Crippen LogP contribution in [0.1, 0.15) is 80.1 Å². The lowest BCUT2D eigenvalue weighted by Gasteiger charge is -2.45. The highest BCUT2D eigenvalue weighted by Gasteiger charge is 2.74. The average molecular weight is 531 g/mol. The lowest BCUT2D eigenvalue weighted by Crippen LogP contribution is -2.60. The summed E-state index contributed by atoms with van der Waals surface area (Å²) in [6, 6.07) is -0.896. The molecule has 0 saturated carbocycles. The monoisotopic (exact) mass is 530 g/mol. The number of likely N-dealkylation sites (tertiary alicyclic amines) is 1. The molecular weight excluding hydrogens is 484 g/mol. The van der Waals surface area contributed by atoms with Gasteiger partial charge in [-0.2, -0.15) is 0 Å². The Balaban J connectivity index is 1.82. The van der Waals surface area contributed by atoms with Gasteiger partial charge in [0.05, 0.1) is 18.1 Å². The molecule has 0 radical (unpaired) electrons. The predicted molar refractivity (Wildman–Crippen MR) is 144 cm³/mol. The number of ether oxygens (including phenoxy) is 2. The molecule has 4 heterocycles. The van der Waals surface area contributed by atoms with Crippen molar-refractivity contribution in [2.24, 2.45) is 17.3 Å². The Morgan fingerprint density at radius 3 is 2.42 bits per heavy atom. The normalized spacial score (nSPS) is 34.9. The summed E-state index contributed by atoms with van der Waals surface area (Å²) in [7, 11) is 0. The maximum Gasteiger partial charge on any atom is 0.313 e. The SMILES string of the molecule is CC(C)(C)CC(C)(C)N1CC=C[C@]23O[C@@]4(C)/C=C\CCCCOC(=O)[C@H]4[C@H]2C(=O)N(CCCCO)C3C1=O. The van der Waals surface area contributed by atoms with E-state index >= 15 is 0 Å². The van der Waals surface area contributed by atoms with Gasteiger partial charge < -0.3 is 24.4 Å². The molecule has 0 aromatic rings. The van der Waals surface area contributed by atoms with E-state index in [-0.39, 0.29) is 23.8 Å². The number of fused-ring (bicyclic) bond motifs is 2. The maximum atomic E-state index is 14.6. The van der Waals surface area contributed by atoms with E-state index < -0.39 is 40.6 Å². The van der Waals surface area contributed by atoms with Gasteiger partial charge in [-0.15, -0.1) is 0 Å². The summed E-state index contributed by atoms with van der Waals surface area (Å²) in [5.41, 5.74) is -2.84. The Bertz CT molecular complexity index is 997. The summed E-state index contributed by atoms with van der Waals surface area (Å²) in [6.07, 6.45) is 12.1. The summed E-state index contributed by atoms with van der Waals surface area (Å²) < 4.78 is 12.5. The first-order chi connectivity index (χ1) is 17.8. The fraction of sp³-hybridized carbons (Fsp3) is 0.767. The molecule has 1 N–H and O–H groups in total. The number of aliphatic hydroxyl groups is 1. The van der Waals surface area contributed by atoms with Crippen LogP contribution in [-0.4, -0.2) is 81.8 Å². The van der Waals surface area contributed by atoms with Crippen molar-refractivity contribution < 1.29 is 29.0 Å². The highest BCUT2D eigenvalue weighted by atomic mass is 16.6. The molecule has 4 rings (SSSR count). The molecule has 5 atom stereocenters. The molecule has 0 aromatic carbocycles. The number of allylic oxidation sites excluding steroid dienone is 1. The zero-order valence-electron chi connectivity index (χ0n) is 24.0. The molecule has 2 amide bonds. The summed E-state index contributed by atoms with van der Waals surface area (Å²) in [5.74, 6) is -2.58. The summed E-state index contributed by atoms with van der Waals surface area (Å²) in [4.78, 5) is 45.8. The first-order valence-electron chi connectivity index (χ1n) is 14.2. The third-order valence-electron chi connectivity index (χ3n) is 8.50. The van der Waals surface area contributed by atoms with Gasteiger partial charge in [-0.25, -0.2) is 0 Å². The lowest BCUT2D eigenvalue weighted by atomic mass is 9.74. The fourth-order valence-electron chi connectivity index (χ4n) is 7.37. The topological polar surface area (TPSA) is 96.4 Å². The minimum absolute atomic E-state index is 0.00811. The van der Waals surface area contributed by atoms with Crippen molar-refractivity contribution in [1.29, 1.82) is 0 Å². The Kier molecular flexibility index (Phi) is 7.90. The summed E-state index contributed by atoms with van der Waals surface area (Å²) >= 11 is 0. The molecule has 0 bridgehead atoms. The van der Waals surface area contributed by atoms with Crippen molar-refractivity contribution in [2.75, 3.05) is 26.3 Å². The van der Waals surface area contributed by atoms with Crippen LogP contribution in [0.2, 0.25) is 0 Å². The zero-order valence-corrected chi connectivity index (χ0v) is 24.0. The van der Waals surface area contributed by atoms with Gasteiger partial charge in [-0.3, -0.25) is 14.4 Å². The number of unbranched alkanes of at least 4 members (excludes halogenated alkanes) is 1. The number of nitrogens with zero attached hydrogens (tertiary/aromatic N) is 2. The molecule has 0 aliphatic carbocycles. The third kappa shape index (κ3) is 5.06. The van der Waals surface area contributed by atoms with Crippen molar-refractivity contribution in [2.45, 2.75) is 103 Å². The van der Waals surface area contributed by atoms with Gasteiger partial charge in [0.15, 0.2) is 0 Å². The number of amides is 2. The van der Waals surface area contributed by atoms with E-state index in [1.54, 1.807) is 4.90 Å². The Hall–Kier alpha value is -2.19. The first-order valence-corrected chi connectivity index (χ1v) is 14.2. The largest absolute Gasteiger partial charge is 0.465 e. The zero-order chi connectivity index (χ0) is 27.9. The van der Waals surface area contributed by atoms with Crippen LogP contribution < -0.4 is 0 Å². The van der Waals surface area contributed by atoms with Gasteiger partial charge in [-0.05, 0) is 64.7 Å². The van der Waals surface area contributed by atoms with E-state index in [4.69, 9.17) is 9.47 Å². The van der Waals surface area contributed by atoms with Crippen molar-refractivity contribution in [1.82, 2.24) is 9.80 Å². The molecule has 1 spiro atoms. The van der Waals surface area contributed by atoms with Crippen LogP contribution in [0.3, 0.4) is 0 Å². The quantitative estimate of drug-likeness (QED) is 0.320. The molecule has 0 aromatic heterocycles. The van der Waals surface area contributed by atoms with E-state index in [1.807, 2.05) is 36.1 Å². The van der Waals surface area contributed by atoms with Crippen LogP contribution in [0, 0.1) is 17.3 Å². The van der Waals surface area contributed by atoms with E-state index in [0.29, 0.717) is 32.5 Å². The van der Waals surface area contributed by atoms with Crippen LogP contribution >= 0.6 is 0 Å². The van der Waals surface area contributed by atoms with Gasteiger partial charge in [0.25, 0.3) is 0 Å². The molecule has 1 unspecified atom stereocenters. The minimum Gasteiger partial charge on any atom is -0.465 e. The highest BCUT2D eigenvalue weighted by Crippen LogP contribution is 2.57. The smallest absolute Gasteiger partial charge is 0.313 e. The number of carbonyl (C=O) groups excluding carboxylic acids is 3. The second-order valence-electron chi connectivity index (χ2n) is 13.4. The van der Waals surface area contributed by atoms with Gasteiger partial charge in [0.2, 0.25) is 11.8 Å². The summed E-state index contributed by atoms with van der Waals surface area (Å²) in [6.45, 7) is 13.5. The molecule has 2 saturated heterocycles. The molecular formula is C30H46N2O6. The second-order valence-corrected chi connectivity index (χ2v) is 13.4. The van der Waals surface area contributed by atoms with Gasteiger partial charge >= 0.3 is 5.97 Å². The van der Waals surface area contributed by atoms with Crippen LogP contribution in [0.5, 0.6) is 0 Å². The summed E-state index contributed by atoms with van der Waals surface area (Å²) in [5, 5.41) is 9.40. The number of cyclic esters (lactones) is 1. The van der Waals surface area contributed by atoms with Gasteiger partial charge in [-0.1, -0.05) is 45.1 Å². The third-order valence-corrected chi connectivity index (χ3v) is 8.50. The van der Waals surface area contributed by atoms with E-state index in [2.05, 4.69) is 34.6 Å². The molecule has 8 nitrogen and oxygen atoms in total. The second kappa shape index (κ2) is 10.4. The van der Waals surface area contributed by atoms with Crippen molar-refractivity contribution in [3.05, 3.63) is 24.3 Å². The van der Waals surface area contributed by atoms with Gasteiger partial charge in [0, 0.05) is 25.2 Å². The van der Waals surface area contributed by atoms with E-state index in [0.717, 1.165) is 25.7 Å². The Morgan fingerprint density at radius 1 is 1.00 bits per heavy atom. The van der Waals surface area contributed by atoms with Crippen LogP contribution in [-0.2, 0) is 23.9 Å². The van der Waals surface area contributed by atoms with Crippen molar-refractivity contribution >= 4 is 17.8 Å². The van der Waals surface area contributed by atoms with Crippen LogP contribution in [0.25, 0.3) is 0 Å². The van der Waals surface area contributed by atoms with Crippen molar-refractivity contribution in [3.8, 4) is 0 Å². The highest BCUT2D eigenvalue weighted by molar-refractivity contribution is 5.99. The number of rotatable bonds is 6. The van der Waals surface area contributed by atoms with E-state index in [1.165, 1.54) is 0 Å². The minimum atomic E-state index is -1.28. The van der Waals surface area contributed by atoms with Gasteiger partial charge in [0.1, 0.15) is 17.6 Å². The standard InChI is InChI=1S/C30H46N2O6/c1-27(2,3)20-28(4,5)32-17-13-15-30-21(24(34)31(16-10-11-18-33)23(30)25(32)35)22-26(36)37-19-12-8-7-9-14-29(22,6)38-30/h9,13-15,21-23,33H,7-8,10-12,16-20H2,1-6H3/b14-9-/t21-,22+,23?,29-,30-/m0/s1. The average Bonchev–Trinajstić information content (AvgIpc) is 3.11. The lowest BCUT2D eigenvalue weighted by molar-refractivity contribution is -0.161. The first kappa shape index (κ1) is 28.8. The predicted octanol–water partition coefficient (Wildman–Crippen LogP) is 3.63. The van der Waals surface area contributed by atoms with Crippen LogP contribution in [0.15, 0.2) is 24.3 Å². The number of hydrogen-bond donors (Lipinski definition) is 1. The fourth-order valence-corrected chi connectivity index (χ4v) is 7.37. The van der Waals surface area contributed by atoms with E-state index in [9.17, 15) is 19.5 Å². The molecule has 212 valence electrons. The Morgan fingerprint density at radius 2 is 1.74 bits per heavy atom. The number of hydrogen-bond acceptors (Lipinski definition) is 6. The number of esters is 1. The number of carbonyl (C=O) groups is 3. The maximum absolute atomic E-state index is 14.6. The number of aliphatic hydroxyl groups excluding tert-OH is 1. The molecule has 8 heteroatoms. The van der Waals surface area contributed by atoms with Crippen molar-refractivity contribution in [3.63, 3.8) is 0 Å². The molecule has 38 heavy (non-hydrogen) atoms. The molecule has 2 fully saturated rings. The molecule has 4 aliphatic heterocycles. The Labute approximate surface area is 227 Å².